The Labute approximate surface area is 245 Å². The Morgan fingerprint density at radius 1 is 1.21 bits per heavy atom. The average Bonchev–Trinajstić information content (AvgIpc) is 3.21. The Kier molecular flexibility index (Phi) is 6.72. The second-order valence-corrected chi connectivity index (χ2v) is 13.2. The molecule has 42 heavy (non-hydrogen) atoms. The monoisotopic (exact) mass is 614 g/mol. The number of piperidine rings is 1. The number of hydrogen-bond acceptors (Lipinski definition) is 9. The summed E-state index contributed by atoms with van der Waals surface area (Å²) in [4.78, 5) is 37.3. The van der Waals surface area contributed by atoms with Crippen molar-refractivity contribution in [2.24, 2.45) is 18.9 Å². The van der Waals surface area contributed by atoms with E-state index >= 15 is 0 Å². The first kappa shape index (κ1) is 28.1. The van der Waals surface area contributed by atoms with Gasteiger partial charge in [-0.05, 0) is 49.4 Å². The van der Waals surface area contributed by atoms with Crippen molar-refractivity contribution in [1.29, 1.82) is 0 Å². The molecule has 4 heterocycles. The highest BCUT2D eigenvalue weighted by atomic mass is 35.5. The molecule has 3 aromatic heterocycles. The lowest BCUT2D eigenvalue weighted by Crippen LogP contribution is -2.32. The minimum absolute atomic E-state index is 0.0174. The van der Waals surface area contributed by atoms with Crippen LogP contribution in [0.25, 0.3) is 10.9 Å². The van der Waals surface area contributed by atoms with E-state index in [1.807, 2.05) is 24.6 Å². The van der Waals surface area contributed by atoms with Crippen molar-refractivity contribution in [2.45, 2.75) is 25.8 Å². The van der Waals surface area contributed by atoms with Gasteiger partial charge in [0.15, 0.2) is 11.5 Å². The molecule has 3 N–H and O–H groups in total. The van der Waals surface area contributed by atoms with Gasteiger partial charge < -0.3 is 10.2 Å². The number of amides is 1. The van der Waals surface area contributed by atoms with Crippen molar-refractivity contribution < 1.29 is 17.6 Å². The summed E-state index contributed by atoms with van der Waals surface area (Å²) in [6.07, 6.45) is 2.06. The number of H-pyrrole nitrogens is 1. The summed E-state index contributed by atoms with van der Waals surface area (Å²) < 4.78 is 40.9. The van der Waals surface area contributed by atoms with E-state index in [1.54, 1.807) is 13.1 Å². The predicted octanol–water partition coefficient (Wildman–Crippen LogP) is 2.86. The fourth-order valence-corrected chi connectivity index (χ4v) is 6.62. The van der Waals surface area contributed by atoms with Crippen molar-refractivity contribution in [3.05, 3.63) is 74.3 Å². The lowest BCUT2D eigenvalue weighted by Gasteiger charge is -2.25. The molecule has 0 radical (unpaired) electrons. The zero-order valence-electron chi connectivity index (χ0n) is 23.1. The highest BCUT2D eigenvalue weighted by molar-refractivity contribution is 7.89. The number of aryl methyl sites for hydroxylation is 1. The summed E-state index contributed by atoms with van der Waals surface area (Å²) in [5.41, 5.74) is 2.43. The highest BCUT2D eigenvalue weighted by Gasteiger charge is 2.58. The molecule has 220 valence electrons. The van der Waals surface area contributed by atoms with Gasteiger partial charge in [-0.2, -0.15) is 5.10 Å². The van der Waals surface area contributed by atoms with Crippen LogP contribution in [-0.2, 0) is 17.1 Å². The first-order chi connectivity index (χ1) is 19.8. The van der Waals surface area contributed by atoms with Crippen molar-refractivity contribution in [2.75, 3.05) is 29.6 Å². The van der Waals surface area contributed by atoms with Crippen LogP contribution in [-0.4, -0.2) is 58.4 Å². The van der Waals surface area contributed by atoms with Gasteiger partial charge >= 0.3 is 0 Å². The number of nitrogens with zero attached hydrogens (tertiary/aromatic N) is 5. The SMILES string of the molecule is Cc1cc([C@@H](C)Nc2ccc(Cl)nc2C(=O)NS(C)(=O)=O)c2nc(N3C[C@@H]4C(c5[nH]ncc5F)[C@@H]4C3)n(C)c(=O)c2c1. The van der Waals surface area contributed by atoms with Crippen molar-refractivity contribution in [1.82, 2.24) is 29.5 Å². The fourth-order valence-electron chi connectivity index (χ4n) is 6.04. The number of aromatic nitrogens is 5. The number of carbonyl (C=O) groups is 1. The van der Waals surface area contributed by atoms with Gasteiger partial charge in [0.2, 0.25) is 16.0 Å². The average molecular weight is 615 g/mol. The van der Waals surface area contributed by atoms with Crippen molar-refractivity contribution in [3.8, 4) is 0 Å². The third-order valence-corrected chi connectivity index (χ3v) is 8.72. The topological polar surface area (TPSA) is 155 Å². The molecule has 12 nitrogen and oxygen atoms in total. The molecular weight excluding hydrogens is 587 g/mol. The van der Waals surface area contributed by atoms with Crippen LogP contribution in [0.4, 0.5) is 16.0 Å². The number of anilines is 2. The van der Waals surface area contributed by atoms with E-state index in [0.717, 1.165) is 11.8 Å². The summed E-state index contributed by atoms with van der Waals surface area (Å²) in [6, 6.07) is 6.24. The van der Waals surface area contributed by atoms with Gasteiger partial charge in [-0.15, -0.1) is 0 Å². The molecule has 15 heteroatoms. The predicted molar refractivity (Wildman–Crippen MR) is 156 cm³/mol. The van der Waals surface area contributed by atoms with Gasteiger partial charge in [0.05, 0.1) is 40.8 Å². The molecule has 4 aromatic rings. The number of benzene rings is 1. The number of carbonyl (C=O) groups excluding carboxylic acids is 1. The number of halogens is 2. The summed E-state index contributed by atoms with van der Waals surface area (Å²) >= 11 is 6.01. The van der Waals surface area contributed by atoms with Crippen LogP contribution >= 0.6 is 11.6 Å². The zero-order chi connectivity index (χ0) is 30.1. The van der Waals surface area contributed by atoms with Gasteiger partial charge in [0, 0.05) is 31.6 Å². The quantitative estimate of drug-likeness (QED) is 0.267. The molecule has 4 atom stereocenters. The first-order valence-corrected chi connectivity index (χ1v) is 15.5. The van der Waals surface area contributed by atoms with E-state index in [4.69, 9.17) is 16.6 Å². The minimum Gasteiger partial charge on any atom is -0.377 e. The molecule has 1 amide bonds. The van der Waals surface area contributed by atoms with Crippen molar-refractivity contribution in [3.63, 3.8) is 0 Å². The van der Waals surface area contributed by atoms with Crippen LogP contribution in [0, 0.1) is 24.6 Å². The van der Waals surface area contributed by atoms with Gasteiger partial charge in [0.1, 0.15) is 5.15 Å². The Hall–Kier alpha value is -4.04. The number of hydrogen-bond donors (Lipinski definition) is 3. The summed E-state index contributed by atoms with van der Waals surface area (Å²) in [7, 11) is -2.15. The van der Waals surface area contributed by atoms with Crippen LogP contribution in [0.2, 0.25) is 5.15 Å². The second kappa shape index (κ2) is 10.1. The van der Waals surface area contributed by atoms with Gasteiger partial charge in [-0.1, -0.05) is 17.7 Å². The standard InChI is InChI=1S/C27H28ClFN8O4S/c1-12-7-14(13(2)31-19-5-6-20(28)32-24(19)25(38)35-42(4,40)41)22-15(8-12)26(39)36(3)27(33-22)37-10-16-17(11-37)21(16)23-18(29)9-30-34-23/h5-9,13,16-17,21,31H,10-11H2,1-4H3,(H,30,34)(H,35,38)/t13-,16-,17+,21?/m1/s1. The van der Waals surface area contributed by atoms with E-state index in [0.29, 0.717) is 41.2 Å². The van der Waals surface area contributed by atoms with Crippen LogP contribution in [0.1, 0.15) is 46.2 Å². The number of fused-ring (bicyclic) bond motifs is 2. The highest BCUT2D eigenvalue weighted by Crippen LogP contribution is 2.58. The number of aromatic amines is 1. The molecule has 1 aliphatic heterocycles. The molecule has 0 spiro atoms. The molecule has 0 bridgehead atoms. The van der Waals surface area contributed by atoms with Crippen molar-refractivity contribution >= 4 is 50.1 Å². The maximum absolute atomic E-state index is 14.1. The molecule has 1 aromatic carbocycles. The fraction of sp³-hybridized carbons (Fsp3) is 0.370. The lowest BCUT2D eigenvalue weighted by atomic mass is 10.0. The number of sulfonamides is 1. The Balaban J connectivity index is 1.34. The Bertz CT molecular complexity index is 1920. The first-order valence-electron chi connectivity index (χ1n) is 13.2. The third kappa shape index (κ3) is 4.98. The summed E-state index contributed by atoms with van der Waals surface area (Å²) in [5, 5.41) is 10.3. The maximum atomic E-state index is 14.1. The van der Waals surface area contributed by atoms with Crippen LogP contribution in [0.15, 0.2) is 35.3 Å². The Morgan fingerprint density at radius 3 is 2.57 bits per heavy atom. The molecule has 2 aliphatic rings. The third-order valence-electron chi connectivity index (χ3n) is 7.95. The minimum atomic E-state index is -3.84. The number of pyridine rings is 1. The Morgan fingerprint density at radius 2 is 1.93 bits per heavy atom. The molecule has 1 saturated heterocycles. The molecule has 1 saturated carbocycles. The smallest absolute Gasteiger partial charge is 0.285 e. The van der Waals surface area contributed by atoms with E-state index < -0.39 is 22.0 Å². The largest absolute Gasteiger partial charge is 0.377 e. The van der Waals surface area contributed by atoms with E-state index in [2.05, 4.69) is 25.4 Å². The number of rotatable bonds is 7. The molecule has 1 unspecified atom stereocenters. The molecular formula is C27H28ClFN8O4S. The van der Waals surface area contributed by atoms with Gasteiger partial charge in [0.25, 0.3) is 11.5 Å². The molecule has 2 fully saturated rings. The molecule has 1 aliphatic carbocycles. The van der Waals surface area contributed by atoms with Crippen LogP contribution in [0.5, 0.6) is 0 Å². The second-order valence-electron chi connectivity index (χ2n) is 11.0. The van der Waals surface area contributed by atoms with E-state index in [1.165, 1.54) is 22.9 Å². The van der Waals surface area contributed by atoms with E-state index in [-0.39, 0.29) is 45.7 Å². The maximum Gasteiger partial charge on any atom is 0.285 e. The summed E-state index contributed by atoms with van der Waals surface area (Å²) in [6.45, 7) is 4.97. The normalized spacial score (nSPS) is 20.4. The van der Waals surface area contributed by atoms with Crippen LogP contribution in [0.3, 0.4) is 0 Å². The summed E-state index contributed by atoms with van der Waals surface area (Å²) in [5.74, 6) is -0.197. The van der Waals surface area contributed by atoms with Gasteiger partial charge in [-0.3, -0.25) is 19.3 Å². The zero-order valence-corrected chi connectivity index (χ0v) is 24.7. The van der Waals surface area contributed by atoms with E-state index in [9.17, 15) is 22.4 Å². The van der Waals surface area contributed by atoms with Gasteiger partial charge in [-0.25, -0.2) is 27.5 Å². The molecule has 6 rings (SSSR count). The lowest BCUT2D eigenvalue weighted by molar-refractivity contribution is 0.0977. The van der Waals surface area contributed by atoms with Crippen LogP contribution < -0.4 is 20.5 Å². The number of nitrogens with one attached hydrogen (secondary N) is 3.